The molecule has 0 saturated heterocycles. The summed E-state index contributed by atoms with van der Waals surface area (Å²) in [6, 6.07) is 5.81. The van der Waals surface area contributed by atoms with Gasteiger partial charge in [0.2, 0.25) is 0 Å². The molecule has 3 atom stereocenters. The highest BCUT2D eigenvalue weighted by Gasteiger charge is 2.27. The van der Waals surface area contributed by atoms with Crippen LogP contribution < -0.4 is 0 Å². The molecule has 0 saturated carbocycles. The fourth-order valence-corrected chi connectivity index (χ4v) is 1.94. The predicted octanol–water partition coefficient (Wildman–Crippen LogP) is 2.69. The number of carboxylic acids is 1. The molecule has 3 heteroatoms. The lowest BCUT2D eigenvalue weighted by molar-refractivity contribution is -0.144. The lowest BCUT2D eigenvalue weighted by Gasteiger charge is -2.24. The SMILES string of the molecule is Cc1ccc(C(O)C(C)C(C)C(=O)O)c(C)c1. The van der Waals surface area contributed by atoms with Crippen LogP contribution in [0.15, 0.2) is 18.2 Å². The molecule has 17 heavy (non-hydrogen) atoms. The van der Waals surface area contributed by atoms with Crippen molar-refractivity contribution in [1.82, 2.24) is 0 Å². The lowest BCUT2D eigenvalue weighted by Crippen LogP contribution is -2.24. The van der Waals surface area contributed by atoms with Crippen LogP contribution in [0.25, 0.3) is 0 Å². The number of carboxylic acid groups (broad SMARTS) is 1. The molecule has 3 nitrogen and oxygen atoms in total. The average molecular weight is 236 g/mol. The Bertz CT molecular complexity index is 412. The minimum atomic E-state index is -0.874. The third-order valence-corrected chi connectivity index (χ3v) is 3.42. The van der Waals surface area contributed by atoms with Crippen molar-refractivity contribution in [2.24, 2.45) is 11.8 Å². The van der Waals surface area contributed by atoms with Crippen molar-refractivity contribution in [2.45, 2.75) is 33.8 Å². The Kier molecular flexibility index (Phi) is 4.29. The monoisotopic (exact) mass is 236 g/mol. The molecule has 2 N–H and O–H groups in total. The fraction of sp³-hybridized carbons (Fsp3) is 0.500. The third-order valence-electron chi connectivity index (χ3n) is 3.42. The number of rotatable bonds is 4. The van der Waals surface area contributed by atoms with Crippen LogP contribution in [0.3, 0.4) is 0 Å². The number of benzene rings is 1. The smallest absolute Gasteiger partial charge is 0.306 e. The van der Waals surface area contributed by atoms with E-state index >= 15 is 0 Å². The highest BCUT2D eigenvalue weighted by atomic mass is 16.4. The standard InChI is InChI=1S/C14H20O3/c1-8-5-6-12(9(2)7-8)13(15)10(3)11(4)14(16)17/h5-7,10-11,13,15H,1-4H3,(H,16,17). The second-order valence-corrected chi connectivity index (χ2v) is 4.79. The van der Waals surface area contributed by atoms with Gasteiger partial charge in [0.25, 0.3) is 0 Å². The van der Waals surface area contributed by atoms with Crippen molar-refractivity contribution in [2.75, 3.05) is 0 Å². The van der Waals surface area contributed by atoms with Gasteiger partial charge >= 0.3 is 5.97 Å². The first kappa shape index (κ1) is 13.7. The molecule has 0 radical (unpaired) electrons. The number of hydrogen-bond donors (Lipinski definition) is 2. The lowest BCUT2D eigenvalue weighted by atomic mass is 9.85. The van der Waals surface area contributed by atoms with E-state index in [2.05, 4.69) is 0 Å². The van der Waals surface area contributed by atoms with Crippen LogP contribution in [0.2, 0.25) is 0 Å². The van der Waals surface area contributed by atoms with Crippen LogP contribution in [0.4, 0.5) is 0 Å². The Hall–Kier alpha value is -1.35. The second kappa shape index (κ2) is 5.32. The van der Waals surface area contributed by atoms with Gasteiger partial charge in [0, 0.05) is 0 Å². The highest BCUT2D eigenvalue weighted by Crippen LogP contribution is 2.30. The van der Waals surface area contributed by atoms with Gasteiger partial charge < -0.3 is 10.2 Å². The zero-order valence-corrected chi connectivity index (χ0v) is 10.8. The van der Waals surface area contributed by atoms with Crippen molar-refractivity contribution in [3.63, 3.8) is 0 Å². The van der Waals surface area contributed by atoms with Gasteiger partial charge in [-0.3, -0.25) is 4.79 Å². The summed E-state index contributed by atoms with van der Waals surface area (Å²) in [5, 5.41) is 19.2. The molecule has 0 heterocycles. The molecule has 0 aliphatic carbocycles. The number of aliphatic hydroxyl groups excluding tert-OH is 1. The minimum absolute atomic E-state index is 0.311. The molecular weight excluding hydrogens is 216 g/mol. The van der Waals surface area contributed by atoms with E-state index in [-0.39, 0.29) is 5.92 Å². The van der Waals surface area contributed by atoms with Crippen molar-refractivity contribution in [3.8, 4) is 0 Å². The van der Waals surface area contributed by atoms with Gasteiger partial charge in [-0.1, -0.05) is 37.6 Å². The number of carbonyl (C=O) groups is 1. The fourth-order valence-electron chi connectivity index (χ4n) is 1.94. The van der Waals surface area contributed by atoms with Crippen LogP contribution in [0, 0.1) is 25.7 Å². The van der Waals surface area contributed by atoms with Gasteiger partial charge in [-0.05, 0) is 30.9 Å². The first-order chi connectivity index (χ1) is 7.84. The first-order valence-corrected chi connectivity index (χ1v) is 5.82. The number of aliphatic carboxylic acids is 1. The maximum Gasteiger partial charge on any atom is 0.306 e. The third kappa shape index (κ3) is 3.07. The normalized spacial score (nSPS) is 16.3. The van der Waals surface area contributed by atoms with Gasteiger partial charge in [-0.25, -0.2) is 0 Å². The average Bonchev–Trinajstić information content (AvgIpc) is 2.26. The molecule has 0 fully saturated rings. The molecule has 0 aromatic heterocycles. The maximum absolute atomic E-state index is 10.9. The van der Waals surface area contributed by atoms with Gasteiger partial charge in [0.1, 0.15) is 0 Å². The quantitative estimate of drug-likeness (QED) is 0.845. The van der Waals surface area contributed by atoms with Crippen LogP contribution in [-0.2, 0) is 4.79 Å². The minimum Gasteiger partial charge on any atom is -0.481 e. The zero-order valence-electron chi connectivity index (χ0n) is 10.8. The molecule has 0 spiro atoms. The van der Waals surface area contributed by atoms with E-state index in [1.807, 2.05) is 32.0 Å². The first-order valence-electron chi connectivity index (χ1n) is 5.82. The topological polar surface area (TPSA) is 57.5 Å². The number of aliphatic hydroxyl groups is 1. The molecule has 1 rings (SSSR count). The molecule has 0 bridgehead atoms. The molecular formula is C14H20O3. The van der Waals surface area contributed by atoms with Crippen molar-refractivity contribution in [3.05, 3.63) is 34.9 Å². The Morgan fingerprint density at radius 1 is 1.24 bits per heavy atom. The van der Waals surface area contributed by atoms with Crippen molar-refractivity contribution < 1.29 is 15.0 Å². The van der Waals surface area contributed by atoms with Crippen LogP contribution >= 0.6 is 0 Å². The molecule has 1 aromatic rings. The summed E-state index contributed by atoms with van der Waals surface area (Å²) in [6.07, 6.45) is -0.735. The van der Waals surface area contributed by atoms with Gasteiger partial charge in [-0.15, -0.1) is 0 Å². The summed E-state index contributed by atoms with van der Waals surface area (Å²) in [7, 11) is 0. The van der Waals surface area contributed by atoms with Crippen molar-refractivity contribution in [1.29, 1.82) is 0 Å². The summed E-state index contributed by atoms with van der Waals surface area (Å²) in [6.45, 7) is 7.32. The summed E-state index contributed by atoms with van der Waals surface area (Å²) in [5.74, 6) is -1.75. The number of aryl methyl sites for hydroxylation is 2. The number of hydrogen-bond acceptors (Lipinski definition) is 2. The maximum atomic E-state index is 10.9. The summed E-state index contributed by atoms with van der Waals surface area (Å²) >= 11 is 0. The van der Waals surface area contributed by atoms with Crippen molar-refractivity contribution >= 4 is 5.97 Å². The van der Waals surface area contributed by atoms with E-state index < -0.39 is 18.0 Å². The van der Waals surface area contributed by atoms with E-state index in [1.54, 1.807) is 13.8 Å². The highest BCUT2D eigenvalue weighted by molar-refractivity contribution is 5.70. The van der Waals surface area contributed by atoms with E-state index in [4.69, 9.17) is 5.11 Å². The molecule has 0 aliphatic heterocycles. The second-order valence-electron chi connectivity index (χ2n) is 4.79. The van der Waals surface area contributed by atoms with Crippen LogP contribution in [0.5, 0.6) is 0 Å². The summed E-state index contributed by atoms with van der Waals surface area (Å²) in [5.41, 5.74) is 2.95. The summed E-state index contributed by atoms with van der Waals surface area (Å²) in [4.78, 5) is 10.9. The van der Waals surface area contributed by atoms with E-state index in [1.165, 1.54) is 0 Å². The van der Waals surface area contributed by atoms with Crippen LogP contribution in [-0.4, -0.2) is 16.2 Å². The van der Waals surface area contributed by atoms with Gasteiger partial charge in [0.15, 0.2) is 0 Å². The van der Waals surface area contributed by atoms with Gasteiger partial charge in [-0.2, -0.15) is 0 Å². The van der Waals surface area contributed by atoms with E-state index in [0.29, 0.717) is 0 Å². The summed E-state index contributed by atoms with van der Waals surface area (Å²) < 4.78 is 0. The zero-order chi connectivity index (χ0) is 13.2. The Morgan fingerprint density at radius 2 is 1.82 bits per heavy atom. The Balaban J connectivity index is 2.96. The van der Waals surface area contributed by atoms with Gasteiger partial charge in [0.05, 0.1) is 12.0 Å². The Morgan fingerprint density at radius 3 is 2.29 bits per heavy atom. The molecule has 3 unspecified atom stereocenters. The molecule has 0 aliphatic rings. The predicted molar refractivity (Wildman–Crippen MR) is 66.8 cm³/mol. The van der Waals surface area contributed by atoms with E-state index in [9.17, 15) is 9.90 Å². The molecule has 0 amide bonds. The molecule has 1 aromatic carbocycles. The van der Waals surface area contributed by atoms with E-state index in [0.717, 1.165) is 16.7 Å². The molecule has 94 valence electrons. The van der Waals surface area contributed by atoms with Crippen LogP contribution in [0.1, 0.15) is 36.6 Å². The largest absolute Gasteiger partial charge is 0.481 e. The Labute approximate surface area is 102 Å².